The van der Waals surface area contributed by atoms with E-state index in [4.69, 9.17) is 5.73 Å². The molecule has 2 aromatic rings. The van der Waals surface area contributed by atoms with Crippen LogP contribution in [-0.2, 0) is 13.0 Å². The molecule has 2 aromatic heterocycles. The lowest BCUT2D eigenvalue weighted by atomic mass is 9.98. The molecule has 1 aliphatic heterocycles. The van der Waals surface area contributed by atoms with Crippen LogP contribution in [0, 0.1) is 0 Å². The number of hydrogen-bond acceptors (Lipinski definition) is 4. The Kier molecular flexibility index (Phi) is 2.81. The molecule has 0 aromatic carbocycles. The lowest BCUT2D eigenvalue weighted by molar-refractivity contribution is 0.560. The quantitative estimate of drug-likeness (QED) is 0.859. The first-order chi connectivity index (χ1) is 7.84. The Bertz CT molecular complexity index is 473. The van der Waals surface area contributed by atoms with E-state index in [2.05, 4.69) is 28.2 Å². The summed E-state index contributed by atoms with van der Waals surface area (Å²) < 4.78 is 0. The molecule has 0 fully saturated rings. The molecule has 0 saturated heterocycles. The maximum absolute atomic E-state index is 6.17. The third-order valence-electron chi connectivity index (χ3n) is 2.96. The molecule has 0 amide bonds. The van der Waals surface area contributed by atoms with Crippen molar-refractivity contribution in [1.29, 1.82) is 0 Å². The average Bonchev–Trinajstić information content (AvgIpc) is 2.90. The zero-order chi connectivity index (χ0) is 11.0. The van der Waals surface area contributed by atoms with E-state index in [1.807, 2.05) is 22.7 Å². The van der Waals surface area contributed by atoms with E-state index in [0.717, 1.165) is 19.5 Å². The van der Waals surface area contributed by atoms with Crippen molar-refractivity contribution in [1.82, 2.24) is 5.32 Å². The van der Waals surface area contributed by atoms with Gasteiger partial charge in [-0.2, -0.15) is 0 Å². The largest absolute Gasteiger partial charge is 0.323 e. The van der Waals surface area contributed by atoms with Gasteiger partial charge in [0.1, 0.15) is 0 Å². The SMILES string of the molecule is NC1CNCc2scc(Cc3cccs3)c21. The van der Waals surface area contributed by atoms with Crippen LogP contribution in [0.5, 0.6) is 0 Å². The second kappa shape index (κ2) is 4.30. The first-order valence-electron chi connectivity index (χ1n) is 5.42. The number of nitrogens with one attached hydrogen (secondary N) is 1. The van der Waals surface area contributed by atoms with Crippen LogP contribution < -0.4 is 11.1 Å². The third kappa shape index (κ3) is 1.82. The predicted molar refractivity (Wildman–Crippen MR) is 70.1 cm³/mol. The summed E-state index contributed by atoms with van der Waals surface area (Å²) in [6.07, 6.45) is 1.04. The highest BCUT2D eigenvalue weighted by atomic mass is 32.1. The van der Waals surface area contributed by atoms with Crippen molar-refractivity contribution in [3.8, 4) is 0 Å². The molecule has 0 saturated carbocycles. The van der Waals surface area contributed by atoms with Crippen molar-refractivity contribution in [2.45, 2.75) is 19.0 Å². The molecule has 0 radical (unpaired) electrons. The molecule has 1 atom stereocenters. The maximum Gasteiger partial charge on any atom is 0.0436 e. The molecule has 2 nitrogen and oxygen atoms in total. The molecule has 1 unspecified atom stereocenters. The van der Waals surface area contributed by atoms with Crippen LogP contribution in [0.2, 0.25) is 0 Å². The van der Waals surface area contributed by atoms with Crippen molar-refractivity contribution < 1.29 is 0 Å². The molecule has 0 spiro atoms. The van der Waals surface area contributed by atoms with Crippen molar-refractivity contribution in [2.75, 3.05) is 6.54 Å². The molecule has 3 N–H and O–H groups in total. The fourth-order valence-electron chi connectivity index (χ4n) is 2.21. The first-order valence-corrected chi connectivity index (χ1v) is 7.18. The summed E-state index contributed by atoms with van der Waals surface area (Å²) in [7, 11) is 0. The van der Waals surface area contributed by atoms with Gasteiger partial charge in [0.2, 0.25) is 0 Å². The summed E-state index contributed by atoms with van der Waals surface area (Å²) >= 11 is 3.66. The maximum atomic E-state index is 6.17. The highest BCUT2D eigenvalue weighted by Gasteiger charge is 2.21. The highest BCUT2D eigenvalue weighted by Crippen LogP contribution is 2.32. The summed E-state index contributed by atoms with van der Waals surface area (Å²) in [6.45, 7) is 1.89. The van der Waals surface area contributed by atoms with Gasteiger partial charge in [0.05, 0.1) is 0 Å². The van der Waals surface area contributed by atoms with Crippen molar-refractivity contribution in [3.63, 3.8) is 0 Å². The van der Waals surface area contributed by atoms with Crippen molar-refractivity contribution >= 4 is 22.7 Å². The van der Waals surface area contributed by atoms with Crippen LogP contribution in [0.3, 0.4) is 0 Å². The van der Waals surface area contributed by atoms with Gasteiger partial charge in [-0.3, -0.25) is 0 Å². The van der Waals surface area contributed by atoms with E-state index in [1.165, 1.54) is 20.9 Å². The fourth-order valence-corrected chi connectivity index (χ4v) is 4.03. The second-order valence-electron chi connectivity index (χ2n) is 4.09. The van der Waals surface area contributed by atoms with Crippen molar-refractivity contribution in [2.24, 2.45) is 5.73 Å². The van der Waals surface area contributed by atoms with Crippen LogP contribution in [0.25, 0.3) is 0 Å². The van der Waals surface area contributed by atoms with Gasteiger partial charge in [0.15, 0.2) is 0 Å². The smallest absolute Gasteiger partial charge is 0.0436 e. The Balaban J connectivity index is 1.93. The number of fused-ring (bicyclic) bond motifs is 1. The average molecular weight is 250 g/mol. The van der Waals surface area contributed by atoms with E-state index in [-0.39, 0.29) is 6.04 Å². The molecular weight excluding hydrogens is 236 g/mol. The second-order valence-corrected chi connectivity index (χ2v) is 6.09. The molecule has 1 aliphatic rings. The number of nitrogens with two attached hydrogens (primary N) is 1. The van der Waals surface area contributed by atoms with Gasteiger partial charge in [-0.25, -0.2) is 0 Å². The molecule has 0 aliphatic carbocycles. The van der Waals surface area contributed by atoms with Gasteiger partial charge in [-0.1, -0.05) is 6.07 Å². The zero-order valence-corrected chi connectivity index (χ0v) is 10.5. The van der Waals surface area contributed by atoms with Gasteiger partial charge in [0, 0.05) is 35.3 Å². The Morgan fingerprint density at radius 1 is 1.44 bits per heavy atom. The van der Waals surface area contributed by atoms with E-state index in [9.17, 15) is 0 Å². The predicted octanol–water partition coefficient (Wildman–Crippen LogP) is 2.50. The Morgan fingerprint density at radius 2 is 2.38 bits per heavy atom. The topological polar surface area (TPSA) is 38.0 Å². The minimum Gasteiger partial charge on any atom is -0.323 e. The number of rotatable bonds is 2. The van der Waals surface area contributed by atoms with E-state index in [0.29, 0.717) is 0 Å². The van der Waals surface area contributed by atoms with Crippen LogP contribution in [0.4, 0.5) is 0 Å². The van der Waals surface area contributed by atoms with Crippen molar-refractivity contribution in [3.05, 3.63) is 43.8 Å². The monoisotopic (exact) mass is 250 g/mol. The summed E-state index contributed by atoms with van der Waals surface area (Å²) in [4.78, 5) is 2.84. The molecule has 3 rings (SSSR count). The standard InChI is InChI=1S/C12H14N2S2/c13-10-5-14-6-11-12(10)8(7-16-11)4-9-2-1-3-15-9/h1-3,7,10,14H,4-6,13H2. The summed E-state index contributed by atoms with van der Waals surface area (Å²) in [5.74, 6) is 0. The van der Waals surface area contributed by atoms with Gasteiger partial charge in [-0.05, 0) is 28.0 Å². The number of hydrogen-bond donors (Lipinski definition) is 2. The van der Waals surface area contributed by atoms with Gasteiger partial charge in [-0.15, -0.1) is 22.7 Å². The molecule has 4 heteroatoms. The molecule has 0 bridgehead atoms. The van der Waals surface area contributed by atoms with Crippen LogP contribution >= 0.6 is 22.7 Å². The molecular formula is C12H14N2S2. The van der Waals surface area contributed by atoms with Gasteiger partial charge < -0.3 is 11.1 Å². The van der Waals surface area contributed by atoms with Gasteiger partial charge in [0.25, 0.3) is 0 Å². The molecule has 84 valence electrons. The van der Waals surface area contributed by atoms with Crippen LogP contribution in [0.15, 0.2) is 22.9 Å². The molecule has 3 heterocycles. The summed E-state index contributed by atoms with van der Waals surface area (Å²) in [6, 6.07) is 4.48. The van der Waals surface area contributed by atoms with E-state index >= 15 is 0 Å². The fraction of sp³-hybridized carbons (Fsp3) is 0.333. The Hall–Kier alpha value is -0.680. The summed E-state index contributed by atoms with van der Waals surface area (Å²) in [5.41, 5.74) is 9.00. The van der Waals surface area contributed by atoms with E-state index < -0.39 is 0 Å². The Labute approximate surface area is 103 Å². The lowest BCUT2D eigenvalue weighted by Crippen LogP contribution is -2.32. The molecule has 16 heavy (non-hydrogen) atoms. The third-order valence-corrected chi connectivity index (χ3v) is 4.88. The van der Waals surface area contributed by atoms with Crippen LogP contribution in [-0.4, -0.2) is 6.54 Å². The minimum absolute atomic E-state index is 0.171. The lowest BCUT2D eigenvalue weighted by Gasteiger charge is -2.21. The normalized spacial score (nSPS) is 19.7. The number of thiophene rings is 2. The van der Waals surface area contributed by atoms with Crippen LogP contribution in [0.1, 0.15) is 26.9 Å². The minimum atomic E-state index is 0.171. The Morgan fingerprint density at radius 3 is 3.19 bits per heavy atom. The van der Waals surface area contributed by atoms with E-state index in [1.54, 1.807) is 0 Å². The summed E-state index contributed by atoms with van der Waals surface area (Å²) in [5, 5.41) is 7.76. The first kappa shape index (κ1) is 10.5. The zero-order valence-electron chi connectivity index (χ0n) is 8.90. The van der Waals surface area contributed by atoms with Gasteiger partial charge >= 0.3 is 0 Å². The highest BCUT2D eigenvalue weighted by molar-refractivity contribution is 7.10.